The molecule has 0 aliphatic carbocycles. The fourth-order valence-electron chi connectivity index (χ4n) is 1.40. The summed E-state index contributed by atoms with van der Waals surface area (Å²) in [5.74, 6) is 0.830. The van der Waals surface area contributed by atoms with Gasteiger partial charge in [-0.1, -0.05) is 39.1 Å². The van der Waals surface area contributed by atoms with Gasteiger partial charge in [-0.05, 0) is 18.2 Å². The van der Waals surface area contributed by atoms with Crippen LogP contribution in [0.4, 0.5) is 0 Å². The van der Waals surface area contributed by atoms with E-state index in [1.165, 1.54) is 0 Å². The van der Waals surface area contributed by atoms with Crippen molar-refractivity contribution in [3.63, 3.8) is 0 Å². The summed E-state index contributed by atoms with van der Waals surface area (Å²) < 4.78 is 1.92. The van der Waals surface area contributed by atoms with Crippen LogP contribution in [0.2, 0.25) is 0 Å². The zero-order chi connectivity index (χ0) is 11.3. The van der Waals surface area contributed by atoms with Gasteiger partial charge in [-0.25, -0.2) is 4.98 Å². The van der Waals surface area contributed by atoms with Gasteiger partial charge in [-0.15, -0.1) is 0 Å². The summed E-state index contributed by atoms with van der Waals surface area (Å²) in [6.45, 7) is 11.4. The van der Waals surface area contributed by atoms with Gasteiger partial charge in [0.15, 0.2) is 0 Å². The number of benzene rings is 1. The van der Waals surface area contributed by atoms with Crippen LogP contribution >= 0.6 is 0 Å². The highest BCUT2D eigenvalue weighted by Crippen LogP contribution is 2.16. The molecule has 78 valence electrons. The molecule has 1 aromatic heterocycles. The summed E-state index contributed by atoms with van der Waals surface area (Å²) in [7, 11) is 0. The van der Waals surface area contributed by atoms with Crippen LogP contribution < -0.4 is 0 Å². The van der Waals surface area contributed by atoms with Crippen molar-refractivity contribution in [2.75, 3.05) is 0 Å². The summed E-state index contributed by atoms with van der Waals surface area (Å²) in [5.41, 5.74) is 2.03. The van der Waals surface area contributed by atoms with Gasteiger partial charge in [0, 0.05) is 6.20 Å². The molecule has 15 heavy (non-hydrogen) atoms. The number of imidazole rings is 1. The molecule has 0 fully saturated rings. The first-order valence-electron chi connectivity index (χ1n) is 5.09. The minimum Gasteiger partial charge on any atom is -0.300 e. The standard InChI is InChI=1S/C11H10N2.C2H6/c1-3-11-12-9-7-5-6-8-10(9)13(11)4-2;1-2/h3-8H,1-2H2;1-2H3. The van der Waals surface area contributed by atoms with Crippen LogP contribution in [-0.4, -0.2) is 9.55 Å². The Morgan fingerprint density at radius 3 is 2.47 bits per heavy atom. The van der Waals surface area contributed by atoms with E-state index in [0.29, 0.717) is 0 Å². The third-order valence-electron chi connectivity index (χ3n) is 1.99. The number of fused-ring (bicyclic) bond motifs is 1. The van der Waals surface area contributed by atoms with Crippen molar-refractivity contribution < 1.29 is 0 Å². The van der Waals surface area contributed by atoms with Gasteiger partial charge in [0.2, 0.25) is 0 Å². The van der Waals surface area contributed by atoms with Crippen LogP contribution in [0.25, 0.3) is 23.3 Å². The van der Waals surface area contributed by atoms with Crippen molar-refractivity contribution in [1.29, 1.82) is 0 Å². The Morgan fingerprint density at radius 2 is 1.87 bits per heavy atom. The van der Waals surface area contributed by atoms with E-state index >= 15 is 0 Å². The smallest absolute Gasteiger partial charge is 0.137 e. The SMILES string of the molecule is C=Cc1nc2ccccc2n1C=C.CC. The zero-order valence-corrected chi connectivity index (χ0v) is 9.27. The van der Waals surface area contributed by atoms with E-state index in [9.17, 15) is 0 Å². The van der Waals surface area contributed by atoms with Gasteiger partial charge in [-0.3, -0.25) is 0 Å². The second-order valence-corrected chi connectivity index (χ2v) is 2.72. The molecule has 0 amide bonds. The molecule has 0 saturated heterocycles. The van der Waals surface area contributed by atoms with Crippen LogP contribution in [0.3, 0.4) is 0 Å². The largest absolute Gasteiger partial charge is 0.300 e. The summed E-state index contributed by atoms with van der Waals surface area (Å²) in [5, 5.41) is 0. The van der Waals surface area contributed by atoms with Gasteiger partial charge in [0.25, 0.3) is 0 Å². The topological polar surface area (TPSA) is 17.8 Å². The average molecular weight is 200 g/mol. The molecule has 0 saturated carbocycles. The minimum absolute atomic E-state index is 0.830. The first kappa shape index (κ1) is 11.2. The molecule has 0 bridgehead atoms. The Balaban J connectivity index is 0.000000531. The van der Waals surface area contributed by atoms with E-state index in [2.05, 4.69) is 18.1 Å². The zero-order valence-electron chi connectivity index (χ0n) is 9.27. The summed E-state index contributed by atoms with van der Waals surface area (Å²) in [6.07, 6.45) is 3.47. The lowest BCUT2D eigenvalue weighted by Crippen LogP contribution is -1.87. The number of para-hydroxylation sites is 2. The third-order valence-corrected chi connectivity index (χ3v) is 1.99. The first-order chi connectivity index (χ1) is 7.36. The maximum Gasteiger partial charge on any atom is 0.137 e. The molecule has 0 aliphatic heterocycles. The van der Waals surface area contributed by atoms with E-state index in [1.807, 2.05) is 42.7 Å². The lowest BCUT2D eigenvalue weighted by atomic mass is 10.3. The second-order valence-electron chi connectivity index (χ2n) is 2.72. The minimum atomic E-state index is 0.830. The van der Waals surface area contributed by atoms with E-state index in [4.69, 9.17) is 0 Å². The normalized spacial score (nSPS) is 9.20. The first-order valence-corrected chi connectivity index (χ1v) is 5.09. The fraction of sp³-hybridized carbons (Fsp3) is 0.154. The third kappa shape index (κ3) is 1.99. The highest BCUT2D eigenvalue weighted by atomic mass is 15.1. The molecule has 1 aromatic carbocycles. The van der Waals surface area contributed by atoms with Crippen molar-refractivity contribution >= 4 is 23.3 Å². The Labute approximate surface area is 90.6 Å². The molecule has 0 radical (unpaired) electrons. The van der Waals surface area contributed by atoms with Crippen LogP contribution in [-0.2, 0) is 0 Å². The molecule has 0 aliphatic rings. The molecule has 2 rings (SSSR count). The number of nitrogens with zero attached hydrogens (tertiary/aromatic N) is 2. The van der Waals surface area contributed by atoms with Crippen molar-refractivity contribution in [2.45, 2.75) is 13.8 Å². The van der Waals surface area contributed by atoms with E-state index in [-0.39, 0.29) is 0 Å². The Kier molecular flexibility index (Phi) is 3.86. The summed E-state index contributed by atoms with van der Waals surface area (Å²) >= 11 is 0. The fourth-order valence-corrected chi connectivity index (χ4v) is 1.40. The molecular weight excluding hydrogens is 184 g/mol. The summed E-state index contributed by atoms with van der Waals surface area (Å²) in [6, 6.07) is 7.94. The molecule has 2 heteroatoms. The average Bonchev–Trinajstić information content (AvgIpc) is 2.69. The van der Waals surface area contributed by atoms with Crippen LogP contribution in [0.5, 0.6) is 0 Å². The van der Waals surface area contributed by atoms with Gasteiger partial charge >= 0.3 is 0 Å². The van der Waals surface area contributed by atoms with Crippen molar-refractivity contribution in [1.82, 2.24) is 9.55 Å². The van der Waals surface area contributed by atoms with Gasteiger partial charge < -0.3 is 4.57 Å². The predicted octanol–water partition coefficient (Wildman–Crippen LogP) is 3.81. The molecule has 0 unspecified atom stereocenters. The van der Waals surface area contributed by atoms with Gasteiger partial charge in [0.05, 0.1) is 11.0 Å². The highest BCUT2D eigenvalue weighted by Gasteiger charge is 2.03. The van der Waals surface area contributed by atoms with Crippen molar-refractivity contribution in [3.8, 4) is 0 Å². The van der Waals surface area contributed by atoms with E-state index in [1.54, 1.807) is 12.3 Å². The lowest BCUT2D eigenvalue weighted by molar-refractivity contribution is 1.14. The van der Waals surface area contributed by atoms with Crippen LogP contribution in [0.1, 0.15) is 19.7 Å². The molecule has 2 aromatic rings. The Hall–Kier alpha value is -1.83. The van der Waals surface area contributed by atoms with Crippen LogP contribution in [0.15, 0.2) is 37.4 Å². The Bertz CT molecular complexity index is 466. The number of rotatable bonds is 2. The van der Waals surface area contributed by atoms with E-state index < -0.39 is 0 Å². The van der Waals surface area contributed by atoms with Crippen LogP contribution in [0, 0.1) is 0 Å². The highest BCUT2D eigenvalue weighted by molar-refractivity contribution is 5.79. The lowest BCUT2D eigenvalue weighted by Gasteiger charge is -1.96. The molecule has 1 heterocycles. The van der Waals surface area contributed by atoms with E-state index in [0.717, 1.165) is 16.9 Å². The molecule has 0 N–H and O–H groups in total. The maximum absolute atomic E-state index is 4.38. The Morgan fingerprint density at radius 1 is 1.20 bits per heavy atom. The number of hydrogen-bond donors (Lipinski definition) is 0. The molecular formula is C13H16N2. The van der Waals surface area contributed by atoms with Gasteiger partial charge in [-0.2, -0.15) is 0 Å². The quantitative estimate of drug-likeness (QED) is 0.720. The van der Waals surface area contributed by atoms with Gasteiger partial charge in [0.1, 0.15) is 5.82 Å². The molecule has 2 nitrogen and oxygen atoms in total. The number of hydrogen-bond acceptors (Lipinski definition) is 1. The predicted molar refractivity (Wildman–Crippen MR) is 67.6 cm³/mol. The second kappa shape index (κ2) is 5.15. The molecule has 0 spiro atoms. The monoisotopic (exact) mass is 200 g/mol. The van der Waals surface area contributed by atoms with Crippen molar-refractivity contribution in [3.05, 3.63) is 43.2 Å². The maximum atomic E-state index is 4.38. The molecule has 0 atom stereocenters. The van der Waals surface area contributed by atoms with Crippen molar-refractivity contribution in [2.24, 2.45) is 0 Å². The summed E-state index contributed by atoms with van der Waals surface area (Å²) in [4.78, 5) is 4.38. The number of aromatic nitrogens is 2.